The van der Waals surface area contributed by atoms with Crippen LogP contribution in [0.1, 0.15) is 23.2 Å². The summed E-state index contributed by atoms with van der Waals surface area (Å²) in [4.78, 5) is 32.7. The molecular formula is C18H26N4O5. The van der Waals surface area contributed by atoms with E-state index in [1.165, 1.54) is 18.5 Å². The van der Waals surface area contributed by atoms with Gasteiger partial charge in [0.25, 0.3) is 5.91 Å². The van der Waals surface area contributed by atoms with E-state index in [9.17, 15) is 19.8 Å². The molecule has 2 heterocycles. The number of piperazine rings is 1. The number of aromatic hydroxyl groups is 1. The smallest absolute Gasteiger partial charge is 0.253 e. The summed E-state index contributed by atoms with van der Waals surface area (Å²) in [5, 5.41) is 31.4. The van der Waals surface area contributed by atoms with Gasteiger partial charge in [-0.2, -0.15) is 0 Å². The monoisotopic (exact) mass is 378 g/mol. The van der Waals surface area contributed by atoms with Crippen molar-refractivity contribution in [3.05, 3.63) is 24.0 Å². The highest BCUT2D eigenvalue weighted by Crippen LogP contribution is 2.28. The minimum absolute atomic E-state index is 0.00784. The highest BCUT2D eigenvalue weighted by Gasteiger charge is 2.40. The Kier molecular flexibility index (Phi) is 6.25. The molecule has 1 saturated heterocycles. The Morgan fingerprint density at radius 3 is 2.59 bits per heavy atom. The number of carbonyl (C=O) groups is 2. The predicted octanol–water partition coefficient (Wildman–Crippen LogP) is -1.21. The average Bonchev–Trinajstić information content (AvgIpc) is 3.02. The quantitative estimate of drug-likeness (QED) is 0.507. The molecule has 3 atom stereocenters. The van der Waals surface area contributed by atoms with Gasteiger partial charge in [-0.15, -0.1) is 0 Å². The lowest BCUT2D eigenvalue weighted by atomic mass is 10.1. The van der Waals surface area contributed by atoms with Crippen molar-refractivity contribution >= 4 is 11.8 Å². The average molecular weight is 378 g/mol. The molecule has 1 saturated carbocycles. The third kappa shape index (κ3) is 4.74. The van der Waals surface area contributed by atoms with Gasteiger partial charge in [0.1, 0.15) is 5.75 Å². The highest BCUT2D eigenvalue weighted by molar-refractivity contribution is 5.94. The van der Waals surface area contributed by atoms with E-state index in [1.807, 2.05) is 0 Å². The zero-order valence-electron chi connectivity index (χ0n) is 15.1. The van der Waals surface area contributed by atoms with Crippen LogP contribution < -0.4 is 5.32 Å². The third-order valence-electron chi connectivity index (χ3n) is 5.28. The highest BCUT2D eigenvalue weighted by atomic mass is 16.3. The molecule has 0 unspecified atom stereocenters. The van der Waals surface area contributed by atoms with Crippen molar-refractivity contribution in [3.63, 3.8) is 0 Å². The first-order valence-electron chi connectivity index (χ1n) is 9.23. The summed E-state index contributed by atoms with van der Waals surface area (Å²) in [6.45, 7) is 3.40. The van der Waals surface area contributed by atoms with E-state index in [2.05, 4.69) is 15.2 Å². The van der Waals surface area contributed by atoms with Crippen molar-refractivity contribution in [2.45, 2.75) is 25.0 Å². The lowest BCUT2D eigenvalue weighted by Crippen LogP contribution is -2.50. The van der Waals surface area contributed by atoms with Crippen LogP contribution in [0.25, 0.3) is 0 Å². The molecule has 2 aliphatic rings. The summed E-state index contributed by atoms with van der Waals surface area (Å²) in [7, 11) is 0. The van der Waals surface area contributed by atoms with E-state index in [1.54, 1.807) is 4.90 Å². The number of aromatic nitrogens is 1. The molecule has 9 nitrogen and oxygen atoms in total. The number of nitrogens with zero attached hydrogens (tertiary/aromatic N) is 3. The van der Waals surface area contributed by atoms with Crippen molar-refractivity contribution in [2.24, 2.45) is 5.92 Å². The summed E-state index contributed by atoms with van der Waals surface area (Å²) in [6.07, 6.45) is 2.48. The van der Waals surface area contributed by atoms with Crippen LogP contribution in [-0.4, -0.2) is 93.4 Å². The molecular weight excluding hydrogens is 352 g/mol. The summed E-state index contributed by atoms with van der Waals surface area (Å²) in [5.74, 6) is -0.860. The maximum Gasteiger partial charge on any atom is 0.253 e. The van der Waals surface area contributed by atoms with Gasteiger partial charge in [0.05, 0.1) is 30.5 Å². The van der Waals surface area contributed by atoms with Crippen molar-refractivity contribution in [1.82, 2.24) is 20.1 Å². The molecule has 9 heteroatoms. The van der Waals surface area contributed by atoms with Crippen LogP contribution >= 0.6 is 0 Å². The Labute approximate surface area is 157 Å². The number of hydrogen-bond donors (Lipinski definition) is 4. The van der Waals surface area contributed by atoms with E-state index in [0.717, 1.165) is 13.1 Å². The van der Waals surface area contributed by atoms with Crippen LogP contribution in [0.3, 0.4) is 0 Å². The molecule has 2 amide bonds. The number of pyridine rings is 1. The molecule has 0 bridgehead atoms. The predicted molar refractivity (Wildman–Crippen MR) is 96.0 cm³/mol. The van der Waals surface area contributed by atoms with E-state index >= 15 is 0 Å². The summed E-state index contributed by atoms with van der Waals surface area (Å²) >= 11 is 0. The number of carbonyl (C=O) groups excluding carboxylic acids is 2. The molecule has 3 rings (SSSR count). The minimum atomic E-state index is -0.788. The Morgan fingerprint density at radius 1 is 1.19 bits per heavy atom. The SMILES string of the molecule is O=C(N[C@@H]1C[C@H](C(=O)N2CCN(CCO)CC2)C[C@H]1O)c1cncc(O)c1. The van der Waals surface area contributed by atoms with Gasteiger partial charge < -0.3 is 25.5 Å². The lowest BCUT2D eigenvalue weighted by Gasteiger charge is -2.35. The van der Waals surface area contributed by atoms with Gasteiger partial charge in [-0.1, -0.05) is 0 Å². The molecule has 1 aromatic rings. The fourth-order valence-electron chi connectivity index (χ4n) is 3.77. The number of rotatable bonds is 5. The van der Waals surface area contributed by atoms with Crippen LogP contribution in [0.15, 0.2) is 18.5 Å². The van der Waals surface area contributed by atoms with Crippen LogP contribution in [0, 0.1) is 5.92 Å². The number of amides is 2. The van der Waals surface area contributed by atoms with Gasteiger partial charge in [-0.3, -0.25) is 19.5 Å². The van der Waals surface area contributed by atoms with Crippen LogP contribution in [0.5, 0.6) is 5.75 Å². The Hall–Kier alpha value is -2.23. The van der Waals surface area contributed by atoms with E-state index in [-0.39, 0.29) is 29.7 Å². The number of β-amino-alcohol motifs (C(OH)–C–C–N with tert-alkyl or cyclic N) is 1. The van der Waals surface area contributed by atoms with Gasteiger partial charge in [-0.25, -0.2) is 0 Å². The zero-order valence-corrected chi connectivity index (χ0v) is 15.1. The first-order valence-corrected chi connectivity index (χ1v) is 9.23. The number of aliphatic hydroxyl groups excluding tert-OH is 2. The van der Waals surface area contributed by atoms with Crippen molar-refractivity contribution in [3.8, 4) is 5.75 Å². The Balaban J connectivity index is 1.53. The first kappa shape index (κ1) is 19.5. The van der Waals surface area contributed by atoms with Crippen molar-refractivity contribution < 1.29 is 24.9 Å². The number of aliphatic hydroxyl groups is 2. The largest absolute Gasteiger partial charge is 0.506 e. The van der Waals surface area contributed by atoms with E-state index in [0.29, 0.717) is 32.5 Å². The van der Waals surface area contributed by atoms with E-state index < -0.39 is 18.1 Å². The number of nitrogens with one attached hydrogen (secondary N) is 1. The summed E-state index contributed by atoms with van der Waals surface area (Å²) in [5.41, 5.74) is 0.206. The maximum absolute atomic E-state index is 12.7. The molecule has 0 aromatic carbocycles. The van der Waals surface area contributed by atoms with Crippen LogP contribution in [0.2, 0.25) is 0 Å². The summed E-state index contributed by atoms with van der Waals surface area (Å²) in [6, 6.07) is 0.794. The zero-order chi connectivity index (χ0) is 19.4. The second kappa shape index (κ2) is 8.64. The summed E-state index contributed by atoms with van der Waals surface area (Å²) < 4.78 is 0. The van der Waals surface area contributed by atoms with Crippen molar-refractivity contribution in [1.29, 1.82) is 0 Å². The minimum Gasteiger partial charge on any atom is -0.506 e. The normalized spacial score (nSPS) is 26.1. The maximum atomic E-state index is 12.7. The second-order valence-corrected chi connectivity index (χ2v) is 7.14. The first-order chi connectivity index (χ1) is 13.0. The topological polar surface area (TPSA) is 126 Å². The van der Waals surface area contributed by atoms with Gasteiger partial charge in [-0.05, 0) is 18.9 Å². The Morgan fingerprint density at radius 2 is 1.93 bits per heavy atom. The van der Waals surface area contributed by atoms with Gasteiger partial charge in [0.2, 0.25) is 5.91 Å². The molecule has 2 fully saturated rings. The van der Waals surface area contributed by atoms with Gasteiger partial charge in [0.15, 0.2) is 0 Å². The van der Waals surface area contributed by atoms with Gasteiger partial charge >= 0.3 is 0 Å². The Bertz CT molecular complexity index is 677. The fraction of sp³-hybridized carbons (Fsp3) is 0.611. The lowest BCUT2D eigenvalue weighted by molar-refractivity contribution is -0.137. The van der Waals surface area contributed by atoms with Crippen molar-refractivity contribution in [2.75, 3.05) is 39.3 Å². The molecule has 0 radical (unpaired) electrons. The molecule has 1 aliphatic carbocycles. The molecule has 148 valence electrons. The van der Waals surface area contributed by atoms with E-state index in [4.69, 9.17) is 5.11 Å². The van der Waals surface area contributed by atoms with Crippen LogP contribution in [-0.2, 0) is 4.79 Å². The molecule has 1 aliphatic heterocycles. The molecule has 0 spiro atoms. The standard InChI is InChI=1S/C18H26N4O5/c23-6-5-21-1-3-22(4-2-21)18(27)12-8-15(16(25)9-12)20-17(26)13-7-14(24)11-19-10-13/h7,10-12,15-16,23-25H,1-6,8-9H2,(H,20,26)/t12-,15+,16+/m0/s1. The number of hydrogen-bond acceptors (Lipinski definition) is 7. The van der Waals surface area contributed by atoms with Gasteiger partial charge in [0, 0.05) is 44.8 Å². The molecule has 27 heavy (non-hydrogen) atoms. The molecule has 1 aromatic heterocycles. The fourth-order valence-corrected chi connectivity index (χ4v) is 3.77. The molecule has 4 N–H and O–H groups in total. The second-order valence-electron chi connectivity index (χ2n) is 7.14. The van der Waals surface area contributed by atoms with Crippen LogP contribution in [0.4, 0.5) is 0 Å². The third-order valence-corrected chi connectivity index (χ3v) is 5.28.